The van der Waals surface area contributed by atoms with E-state index in [1.807, 2.05) is 12.3 Å². The number of piperazine rings is 1. The second kappa shape index (κ2) is 12.3. The summed E-state index contributed by atoms with van der Waals surface area (Å²) in [4.78, 5) is 12.4. The lowest BCUT2D eigenvalue weighted by molar-refractivity contribution is 0.152. The monoisotopic (exact) mass is 516 g/mol. The normalized spacial score (nSPS) is 16.0. The highest BCUT2D eigenvalue weighted by molar-refractivity contribution is 14.0. The van der Waals surface area contributed by atoms with Gasteiger partial charge in [-0.2, -0.15) is 0 Å². The first-order valence-corrected chi connectivity index (χ1v) is 10.3. The van der Waals surface area contributed by atoms with Crippen molar-refractivity contribution >= 4 is 40.8 Å². The van der Waals surface area contributed by atoms with Crippen LogP contribution in [-0.2, 0) is 6.42 Å². The number of nitrogens with one attached hydrogen (secondary N) is 3. The van der Waals surface area contributed by atoms with Gasteiger partial charge in [0.25, 0.3) is 0 Å². The summed E-state index contributed by atoms with van der Waals surface area (Å²) >= 11 is 0. The zero-order chi connectivity index (χ0) is 19.8. The van der Waals surface area contributed by atoms with Crippen molar-refractivity contribution in [1.29, 1.82) is 0 Å². The highest BCUT2D eigenvalue weighted by Gasteiger charge is 2.12. The van der Waals surface area contributed by atoms with Crippen LogP contribution in [0.4, 0.5) is 4.39 Å². The molecule has 3 N–H and O–H groups in total. The molecule has 0 aliphatic carbocycles. The number of aromatic nitrogens is 1. The Hall–Kier alpha value is -1.39. The Bertz CT molecular complexity index is 770. The number of aromatic amines is 1. The second-order valence-electron chi connectivity index (χ2n) is 7.53. The molecule has 0 radical (unpaired) electrons. The van der Waals surface area contributed by atoms with Crippen LogP contribution in [0.5, 0.6) is 0 Å². The summed E-state index contributed by atoms with van der Waals surface area (Å²) < 4.78 is 13.3. The zero-order valence-corrected chi connectivity index (χ0v) is 19.8. The van der Waals surface area contributed by atoms with E-state index in [0.29, 0.717) is 0 Å². The third-order valence-corrected chi connectivity index (χ3v) is 5.43. The average molecular weight is 516 g/mol. The van der Waals surface area contributed by atoms with Gasteiger partial charge in [-0.3, -0.25) is 4.99 Å². The zero-order valence-electron chi connectivity index (χ0n) is 17.5. The first-order valence-electron chi connectivity index (χ1n) is 10.3. The molecule has 0 atom stereocenters. The van der Waals surface area contributed by atoms with E-state index in [0.717, 1.165) is 42.8 Å². The molecule has 2 heterocycles. The van der Waals surface area contributed by atoms with E-state index >= 15 is 0 Å². The van der Waals surface area contributed by atoms with Gasteiger partial charge in [0.1, 0.15) is 5.82 Å². The van der Waals surface area contributed by atoms with Crippen molar-refractivity contribution in [2.75, 3.05) is 59.9 Å². The molecule has 8 heteroatoms. The lowest BCUT2D eigenvalue weighted by atomic mass is 10.1. The topological polar surface area (TPSA) is 58.7 Å². The summed E-state index contributed by atoms with van der Waals surface area (Å²) in [6, 6.07) is 4.88. The van der Waals surface area contributed by atoms with Gasteiger partial charge in [0.15, 0.2) is 5.96 Å². The smallest absolute Gasteiger partial charge is 0.190 e. The van der Waals surface area contributed by atoms with E-state index < -0.39 is 0 Å². The van der Waals surface area contributed by atoms with Gasteiger partial charge in [-0.1, -0.05) is 0 Å². The quantitative estimate of drug-likeness (QED) is 0.219. The molecular weight excluding hydrogens is 482 g/mol. The first kappa shape index (κ1) is 23.9. The summed E-state index contributed by atoms with van der Waals surface area (Å²) in [5.74, 6) is 0.627. The van der Waals surface area contributed by atoms with Crippen LogP contribution in [0.1, 0.15) is 18.4 Å². The van der Waals surface area contributed by atoms with Crippen LogP contribution in [0.3, 0.4) is 0 Å². The van der Waals surface area contributed by atoms with E-state index in [-0.39, 0.29) is 29.8 Å². The maximum absolute atomic E-state index is 13.3. The number of guanidine groups is 1. The Labute approximate surface area is 190 Å². The van der Waals surface area contributed by atoms with Crippen molar-refractivity contribution in [3.05, 3.63) is 35.8 Å². The fraction of sp³-hybridized carbons (Fsp3) is 0.571. The fourth-order valence-electron chi connectivity index (χ4n) is 3.64. The van der Waals surface area contributed by atoms with E-state index in [1.54, 1.807) is 7.05 Å². The Kier molecular flexibility index (Phi) is 10.2. The van der Waals surface area contributed by atoms with Crippen molar-refractivity contribution in [3.8, 4) is 0 Å². The minimum atomic E-state index is -0.212. The van der Waals surface area contributed by atoms with Crippen LogP contribution in [0.25, 0.3) is 10.9 Å². The lowest BCUT2D eigenvalue weighted by Gasteiger charge is -2.32. The largest absolute Gasteiger partial charge is 0.361 e. The van der Waals surface area contributed by atoms with E-state index in [2.05, 4.69) is 37.5 Å². The predicted molar refractivity (Wildman–Crippen MR) is 130 cm³/mol. The van der Waals surface area contributed by atoms with Crippen LogP contribution in [0.2, 0.25) is 0 Å². The molecule has 3 rings (SSSR count). The lowest BCUT2D eigenvalue weighted by Crippen LogP contribution is -2.44. The molecule has 1 aliphatic heterocycles. The van der Waals surface area contributed by atoms with Crippen LogP contribution in [0, 0.1) is 5.82 Å². The number of halogens is 2. The molecule has 1 aromatic heterocycles. The SMILES string of the molecule is CN=C(NCCCCN1CCN(C)CC1)NCCc1c[nH]c2cc(F)ccc12.I. The molecule has 0 saturated carbocycles. The Morgan fingerprint density at radius 1 is 1.14 bits per heavy atom. The van der Waals surface area contributed by atoms with E-state index in [9.17, 15) is 4.39 Å². The van der Waals surface area contributed by atoms with Gasteiger partial charge in [-0.25, -0.2) is 4.39 Å². The van der Waals surface area contributed by atoms with Crippen molar-refractivity contribution in [2.45, 2.75) is 19.3 Å². The minimum absolute atomic E-state index is 0. The van der Waals surface area contributed by atoms with Gasteiger partial charge >= 0.3 is 0 Å². The van der Waals surface area contributed by atoms with Gasteiger partial charge in [-0.05, 0) is 56.6 Å². The third-order valence-electron chi connectivity index (χ3n) is 5.43. The first-order chi connectivity index (χ1) is 13.7. The van der Waals surface area contributed by atoms with Crippen LogP contribution >= 0.6 is 24.0 Å². The summed E-state index contributed by atoms with van der Waals surface area (Å²) in [6.07, 6.45) is 5.16. The molecule has 162 valence electrons. The molecule has 6 nitrogen and oxygen atoms in total. The number of rotatable bonds is 8. The Morgan fingerprint density at radius 2 is 1.90 bits per heavy atom. The maximum atomic E-state index is 13.3. The molecule has 2 aromatic rings. The summed E-state index contributed by atoms with van der Waals surface area (Å²) in [7, 11) is 3.99. The van der Waals surface area contributed by atoms with Crippen molar-refractivity contribution < 1.29 is 4.39 Å². The molecule has 0 spiro atoms. The molecule has 0 amide bonds. The molecule has 1 aromatic carbocycles. The van der Waals surface area contributed by atoms with Gasteiger partial charge < -0.3 is 25.4 Å². The number of hydrogen-bond acceptors (Lipinski definition) is 3. The number of hydrogen-bond donors (Lipinski definition) is 3. The number of H-pyrrole nitrogens is 1. The standard InChI is InChI=1S/C21H33FN6.HI/c1-23-21(24-8-3-4-10-28-13-11-27(2)12-14-28)25-9-7-17-16-26-20-15-18(22)5-6-19(17)20;/h5-6,15-16,26H,3-4,7-14H2,1-2H3,(H2,23,24,25);1H. The number of benzene rings is 1. The summed E-state index contributed by atoms with van der Waals surface area (Å²) in [5, 5.41) is 7.84. The third kappa shape index (κ3) is 7.42. The molecular formula is C21H34FIN6. The maximum Gasteiger partial charge on any atom is 0.190 e. The molecule has 0 unspecified atom stereocenters. The van der Waals surface area contributed by atoms with Gasteiger partial charge in [0.2, 0.25) is 0 Å². The summed E-state index contributed by atoms with van der Waals surface area (Å²) in [6.45, 7) is 7.63. The van der Waals surface area contributed by atoms with Crippen molar-refractivity contribution in [2.24, 2.45) is 4.99 Å². The fourth-order valence-corrected chi connectivity index (χ4v) is 3.64. The van der Waals surface area contributed by atoms with Gasteiger partial charge in [0.05, 0.1) is 0 Å². The highest BCUT2D eigenvalue weighted by atomic mass is 127. The van der Waals surface area contributed by atoms with Gasteiger partial charge in [0, 0.05) is 63.4 Å². The highest BCUT2D eigenvalue weighted by Crippen LogP contribution is 2.19. The predicted octanol–water partition coefficient (Wildman–Crippen LogP) is 2.66. The number of nitrogens with zero attached hydrogens (tertiary/aromatic N) is 3. The van der Waals surface area contributed by atoms with Crippen LogP contribution in [0.15, 0.2) is 29.4 Å². The molecule has 1 fully saturated rings. The summed E-state index contributed by atoms with van der Waals surface area (Å²) in [5.41, 5.74) is 2.03. The number of aliphatic imine (C=N–C) groups is 1. The molecule has 1 saturated heterocycles. The van der Waals surface area contributed by atoms with Crippen LogP contribution in [-0.4, -0.2) is 80.7 Å². The average Bonchev–Trinajstić information content (AvgIpc) is 3.09. The Balaban J connectivity index is 0.00000300. The number of unbranched alkanes of at least 4 members (excludes halogenated alkanes) is 1. The van der Waals surface area contributed by atoms with Crippen LogP contribution < -0.4 is 10.6 Å². The minimum Gasteiger partial charge on any atom is -0.361 e. The van der Waals surface area contributed by atoms with E-state index in [1.165, 1.54) is 56.8 Å². The van der Waals surface area contributed by atoms with E-state index in [4.69, 9.17) is 0 Å². The number of fused-ring (bicyclic) bond motifs is 1. The Morgan fingerprint density at radius 3 is 2.66 bits per heavy atom. The van der Waals surface area contributed by atoms with Crippen molar-refractivity contribution in [1.82, 2.24) is 25.4 Å². The molecule has 1 aliphatic rings. The number of likely N-dealkylation sites (N-methyl/N-ethyl adjacent to an activating group) is 1. The molecule has 0 bridgehead atoms. The van der Waals surface area contributed by atoms with Gasteiger partial charge in [-0.15, -0.1) is 24.0 Å². The molecule has 29 heavy (non-hydrogen) atoms. The van der Waals surface area contributed by atoms with Crippen molar-refractivity contribution in [3.63, 3.8) is 0 Å². The second-order valence-corrected chi connectivity index (χ2v) is 7.53.